The van der Waals surface area contributed by atoms with E-state index in [1.807, 2.05) is 24.4 Å². The second-order valence-corrected chi connectivity index (χ2v) is 6.57. The fourth-order valence-corrected chi connectivity index (χ4v) is 2.89. The molecule has 0 bridgehead atoms. The summed E-state index contributed by atoms with van der Waals surface area (Å²) in [6, 6.07) is 12.4. The van der Waals surface area contributed by atoms with Gasteiger partial charge in [-0.2, -0.15) is 0 Å². The van der Waals surface area contributed by atoms with Crippen molar-refractivity contribution in [1.29, 1.82) is 0 Å². The van der Waals surface area contributed by atoms with Crippen molar-refractivity contribution in [2.45, 2.75) is 39.7 Å². The Morgan fingerprint density at radius 3 is 2.74 bits per heavy atom. The molecule has 3 aromatic rings. The fraction of sp³-hybridized carbons (Fsp3) is 0.286. The molecule has 6 heteroatoms. The number of hydrogen-bond donors (Lipinski definition) is 1. The lowest BCUT2D eigenvalue weighted by molar-refractivity contribution is 0.0377. The van der Waals surface area contributed by atoms with Crippen LogP contribution < -0.4 is 5.32 Å². The average molecular weight is 365 g/mol. The number of imidazole rings is 1. The van der Waals surface area contributed by atoms with E-state index in [2.05, 4.69) is 17.2 Å². The Morgan fingerprint density at radius 2 is 2.00 bits per heavy atom. The molecule has 0 saturated heterocycles. The molecule has 2 heterocycles. The third-order valence-electron chi connectivity index (χ3n) is 4.00. The van der Waals surface area contributed by atoms with Crippen molar-refractivity contribution in [2.24, 2.45) is 0 Å². The highest BCUT2D eigenvalue weighted by atomic mass is 16.5. The first-order chi connectivity index (χ1) is 13.0. The minimum Gasteiger partial charge on any atom is -0.459 e. The number of carbonyl (C=O) groups is 2. The third kappa shape index (κ3) is 4.16. The predicted molar refractivity (Wildman–Crippen MR) is 104 cm³/mol. The van der Waals surface area contributed by atoms with Crippen LogP contribution in [0.15, 0.2) is 48.7 Å². The summed E-state index contributed by atoms with van der Waals surface area (Å²) in [6.45, 7) is 5.64. The molecular formula is C21H23N3O3. The zero-order valence-corrected chi connectivity index (χ0v) is 15.7. The minimum absolute atomic E-state index is 0.203. The van der Waals surface area contributed by atoms with E-state index in [1.165, 1.54) is 0 Å². The van der Waals surface area contributed by atoms with Gasteiger partial charge in [0.05, 0.1) is 17.4 Å². The van der Waals surface area contributed by atoms with Gasteiger partial charge in [-0.05, 0) is 50.6 Å². The Hall–Kier alpha value is -3.15. The summed E-state index contributed by atoms with van der Waals surface area (Å²) in [6.07, 6.45) is 3.23. The highest BCUT2D eigenvalue weighted by Crippen LogP contribution is 2.18. The van der Waals surface area contributed by atoms with E-state index in [0.717, 1.165) is 17.8 Å². The lowest BCUT2D eigenvalue weighted by Gasteiger charge is -2.10. The van der Waals surface area contributed by atoms with Gasteiger partial charge < -0.3 is 10.1 Å². The van der Waals surface area contributed by atoms with Gasteiger partial charge in [0.2, 0.25) is 0 Å². The van der Waals surface area contributed by atoms with Crippen LogP contribution in [0.4, 0.5) is 5.69 Å². The van der Waals surface area contributed by atoms with Gasteiger partial charge in [-0.25, -0.2) is 9.78 Å². The summed E-state index contributed by atoms with van der Waals surface area (Å²) in [5, 5.41) is 2.88. The highest BCUT2D eigenvalue weighted by molar-refractivity contribution is 6.05. The average Bonchev–Trinajstić information content (AvgIpc) is 2.99. The molecule has 0 saturated carbocycles. The number of carbonyl (C=O) groups excluding carboxylic acids is 2. The van der Waals surface area contributed by atoms with Crippen molar-refractivity contribution in [1.82, 2.24) is 9.38 Å². The second-order valence-electron chi connectivity index (χ2n) is 6.57. The topological polar surface area (TPSA) is 72.7 Å². The van der Waals surface area contributed by atoms with Crippen LogP contribution in [0.5, 0.6) is 0 Å². The lowest BCUT2D eigenvalue weighted by atomic mass is 10.1. The third-order valence-corrected chi connectivity index (χ3v) is 4.00. The Balaban J connectivity index is 1.89. The summed E-state index contributed by atoms with van der Waals surface area (Å²) in [5.74, 6) is -0.672. The van der Waals surface area contributed by atoms with Gasteiger partial charge in [0.25, 0.3) is 5.91 Å². The number of esters is 1. The Kier molecular flexibility index (Phi) is 5.54. The number of amides is 1. The molecule has 6 nitrogen and oxygen atoms in total. The lowest BCUT2D eigenvalue weighted by Crippen LogP contribution is -2.17. The van der Waals surface area contributed by atoms with Crippen LogP contribution in [-0.2, 0) is 11.2 Å². The standard InChI is InChI=1S/C21H23N3O3/c1-4-8-17-19(24-12-6-5-11-18(24)23-17)20(25)22-16-10-7-9-15(13-16)21(26)27-14(2)3/h5-7,9-14H,4,8H2,1-3H3,(H,22,25). The maximum atomic E-state index is 13.0. The predicted octanol–water partition coefficient (Wildman–Crippen LogP) is 4.10. The van der Waals surface area contributed by atoms with Crippen molar-refractivity contribution in [2.75, 3.05) is 5.32 Å². The van der Waals surface area contributed by atoms with Crippen molar-refractivity contribution in [3.05, 3.63) is 65.6 Å². The number of pyridine rings is 1. The zero-order valence-electron chi connectivity index (χ0n) is 15.7. The van der Waals surface area contributed by atoms with E-state index >= 15 is 0 Å². The maximum absolute atomic E-state index is 13.0. The van der Waals surface area contributed by atoms with Crippen molar-refractivity contribution >= 4 is 23.2 Å². The molecule has 0 aliphatic rings. The van der Waals surface area contributed by atoms with E-state index in [-0.39, 0.29) is 12.0 Å². The molecule has 0 radical (unpaired) electrons. The van der Waals surface area contributed by atoms with Crippen molar-refractivity contribution in [3.63, 3.8) is 0 Å². The molecule has 0 atom stereocenters. The number of anilines is 1. The largest absolute Gasteiger partial charge is 0.459 e. The van der Waals surface area contributed by atoms with Gasteiger partial charge in [0.15, 0.2) is 0 Å². The molecular weight excluding hydrogens is 342 g/mol. The highest BCUT2D eigenvalue weighted by Gasteiger charge is 2.19. The molecule has 3 rings (SSSR count). The van der Waals surface area contributed by atoms with Crippen LogP contribution in [0, 0.1) is 0 Å². The monoisotopic (exact) mass is 365 g/mol. The maximum Gasteiger partial charge on any atom is 0.338 e. The van der Waals surface area contributed by atoms with E-state index in [4.69, 9.17) is 4.74 Å². The van der Waals surface area contributed by atoms with E-state index in [9.17, 15) is 9.59 Å². The number of benzene rings is 1. The van der Waals surface area contributed by atoms with Crippen LogP contribution in [0.1, 0.15) is 53.7 Å². The molecule has 1 amide bonds. The second kappa shape index (κ2) is 8.03. The zero-order chi connectivity index (χ0) is 19.4. The Bertz CT molecular complexity index is 976. The smallest absolute Gasteiger partial charge is 0.338 e. The molecule has 1 aromatic carbocycles. The van der Waals surface area contributed by atoms with Gasteiger partial charge >= 0.3 is 5.97 Å². The van der Waals surface area contributed by atoms with E-state index in [0.29, 0.717) is 23.4 Å². The van der Waals surface area contributed by atoms with Gasteiger partial charge in [0.1, 0.15) is 11.3 Å². The van der Waals surface area contributed by atoms with Crippen LogP contribution >= 0.6 is 0 Å². The molecule has 140 valence electrons. The molecule has 0 unspecified atom stereocenters. The molecule has 27 heavy (non-hydrogen) atoms. The Labute approximate surface area is 158 Å². The first kappa shape index (κ1) is 18.6. The molecule has 1 N–H and O–H groups in total. The summed E-state index contributed by atoms with van der Waals surface area (Å²) < 4.78 is 7.00. The summed E-state index contributed by atoms with van der Waals surface area (Å²) in [7, 11) is 0. The number of nitrogens with one attached hydrogen (secondary N) is 1. The first-order valence-corrected chi connectivity index (χ1v) is 9.08. The normalized spacial score (nSPS) is 11.0. The van der Waals surface area contributed by atoms with Gasteiger partial charge in [-0.1, -0.05) is 25.5 Å². The van der Waals surface area contributed by atoms with Crippen LogP contribution in [0.2, 0.25) is 0 Å². The van der Waals surface area contributed by atoms with Crippen LogP contribution in [-0.4, -0.2) is 27.4 Å². The molecule has 0 spiro atoms. The quantitative estimate of drug-likeness (QED) is 0.668. The van der Waals surface area contributed by atoms with Crippen LogP contribution in [0.3, 0.4) is 0 Å². The van der Waals surface area contributed by atoms with Gasteiger partial charge in [-0.3, -0.25) is 9.20 Å². The summed E-state index contributed by atoms with van der Waals surface area (Å²) in [4.78, 5) is 29.6. The number of ether oxygens (including phenoxy) is 1. The molecule has 2 aromatic heterocycles. The Morgan fingerprint density at radius 1 is 1.19 bits per heavy atom. The van der Waals surface area contributed by atoms with E-state index < -0.39 is 5.97 Å². The SMILES string of the molecule is CCCc1nc2ccccn2c1C(=O)Nc1cccc(C(=O)OC(C)C)c1. The number of aromatic nitrogens is 2. The van der Waals surface area contributed by atoms with Gasteiger partial charge in [0, 0.05) is 11.9 Å². The fourth-order valence-electron chi connectivity index (χ4n) is 2.89. The van der Waals surface area contributed by atoms with E-state index in [1.54, 1.807) is 42.5 Å². The number of fused-ring (bicyclic) bond motifs is 1. The number of aryl methyl sites for hydroxylation is 1. The molecule has 0 aliphatic carbocycles. The number of nitrogens with zero attached hydrogens (tertiary/aromatic N) is 2. The molecule has 0 fully saturated rings. The molecule has 0 aliphatic heterocycles. The van der Waals surface area contributed by atoms with Crippen LogP contribution in [0.25, 0.3) is 5.65 Å². The van der Waals surface area contributed by atoms with Crippen molar-refractivity contribution in [3.8, 4) is 0 Å². The number of hydrogen-bond acceptors (Lipinski definition) is 4. The minimum atomic E-state index is -0.414. The van der Waals surface area contributed by atoms with Crippen molar-refractivity contribution < 1.29 is 14.3 Å². The number of rotatable bonds is 6. The summed E-state index contributed by atoms with van der Waals surface area (Å²) in [5.41, 5.74) is 2.94. The van der Waals surface area contributed by atoms with Gasteiger partial charge in [-0.15, -0.1) is 0 Å². The summed E-state index contributed by atoms with van der Waals surface area (Å²) >= 11 is 0. The first-order valence-electron chi connectivity index (χ1n) is 9.08.